The van der Waals surface area contributed by atoms with Crippen molar-refractivity contribution in [2.45, 2.75) is 19.9 Å². The first-order valence-corrected chi connectivity index (χ1v) is 9.70. The lowest BCUT2D eigenvalue weighted by molar-refractivity contribution is -0.115. The van der Waals surface area contributed by atoms with E-state index in [-0.39, 0.29) is 12.3 Å². The Kier molecular flexibility index (Phi) is 5.52. The fourth-order valence-electron chi connectivity index (χ4n) is 3.36. The maximum Gasteiger partial charge on any atom is 0.230 e. The number of para-hydroxylation sites is 1. The highest BCUT2D eigenvalue weighted by atomic mass is 16.1. The number of benzene rings is 2. The Morgan fingerprint density at radius 1 is 1.00 bits per heavy atom. The second kappa shape index (κ2) is 8.56. The van der Waals surface area contributed by atoms with Crippen molar-refractivity contribution in [2.75, 3.05) is 16.8 Å². The lowest BCUT2D eigenvalue weighted by atomic mass is 10.1. The van der Waals surface area contributed by atoms with Gasteiger partial charge < -0.3 is 15.2 Å². The van der Waals surface area contributed by atoms with Crippen LogP contribution in [0, 0.1) is 0 Å². The molecule has 4 aromatic rings. The number of anilines is 2. The van der Waals surface area contributed by atoms with E-state index in [2.05, 4.69) is 44.5 Å². The van der Waals surface area contributed by atoms with Gasteiger partial charge in [0.05, 0.1) is 6.42 Å². The summed E-state index contributed by atoms with van der Waals surface area (Å²) in [6.45, 7) is 3.66. The molecule has 6 nitrogen and oxygen atoms in total. The number of carbonyl (C=O) groups excluding carboxylic acids is 1. The van der Waals surface area contributed by atoms with Crippen LogP contribution in [0.3, 0.4) is 0 Å². The Labute approximate surface area is 169 Å². The van der Waals surface area contributed by atoms with Crippen LogP contribution in [-0.4, -0.2) is 27.6 Å². The van der Waals surface area contributed by atoms with Gasteiger partial charge in [-0.05, 0) is 36.2 Å². The number of fused-ring (bicyclic) bond motifs is 1. The number of rotatable bonds is 7. The Morgan fingerprint density at radius 2 is 1.79 bits per heavy atom. The van der Waals surface area contributed by atoms with Crippen molar-refractivity contribution in [3.8, 4) is 0 Å². The summed E-state index contributed by atoms with van der Waals surface area (Å²) < 4.78 is 0. The summed E-state index contributed by atoms with van der Waals surface area (Å²) in [6, 6.07) is 21.9. The summed E-state index contributed by atoms with van der Waals surface area (Å²) >= 11 is 0. The van der Waals surface area contributed by atoms with Crippen molar-refractivity contribution in [3.63, 3.8) is 0 Å². The highest BCUT2D eigenvalue weighted by molar-refractivity contribution is 5.95. The zero-order valence-electron chi connectivity index (χ0n) is 16.3. The number of carbonyl (C=O) groups is 1. The molecule has 0 fully saturated rings. The van der Waals surface area contributed by atoms with E-state index in [1.54, 1.807) is 6.07 Å². The molecule has 0 saturated carbocycles. The number of aromatic nitrogens is 3. The molecule has 2 N–H and O–H groups in total. The molecule has 2 aromatic carbocycles. The molecule has 29 heavy (non-hydrogen) atoms. The van der Waals surface area contributed by atoms with E-state index in [4.69, 9.17) is 0 Å². The minimum atomic E-state index is -0.117. The lowest BCUT2D eigenvalue weighted by Crippen LogP contribution is -2.23. The Balaban J connectivity index is 1.40. The fourth-order valence-corrected chi connectivity index (χ4v) is 3.36. The number of aromatic amines is 1. The van der Waals surface area contributed by atoms with Gasteiger partial charge in [0, 0.05) is 30.2 Å². The van der Waals surface area contributed by atoms with Gasteiger partial charge in [-0.3, -0.25) is 4.79 Å². The van der Waals surface area contributed by atoms with Gasteiger partial charge in [-0.2, -0.15) is 0 Å². The zero-order chi connectivity index (χ0) is 20.1. The average molecular weight is 385 g/mol. The molecule has 0 unspecified atom stereocenters. The first-order valence-electron chi connectivity index (χ1n) is 9.70. The largest absolute Gasteiger partial charge is 0.361 e. The van der Waals surface area contributed by atoms with Crippen molar-refractivity contribution >= 4 is 28.4 Å². The van der Waals surface area contributed by atoms with Gasteiger partial charge >= 0.3 is 0 Å². The number of nitrogens with zero attached hydrogens (tertiary/aromatic N) is 3. The summed E-state index contributed by atoms with van der Waals surface area (Å²) in [5.41, 5.74) is 3.20. The Bertz CT molecular complexity index is 1090. The van der Waals surface area contributed by atoms with Crippen LogP contribution in [0.2, 0.25) is 0 Å². The monoisotopic (exact) mass is 385 g/mol. The van der Waals surface area contributed by atoms with E-state index in [1.165, 1.54) is 5.56 Å². The van der Waals surface area contributed by atoms with Gasteiger partial charge in [-0.15, -0.1) is 10.2 Å². The molecular formula is C23H23N5O. The van der Waals surface area contributed by atoms with Gasteiger partial charge in [0.15, 0.2) is 11.6 Å². The third kappa shape index (κ3) is 4.43. The summed E-state index contributed by atoms with van der Waals surface area (Å²) in [5, 5.41) is 12.4. The molecule has 0 saturated heterocycles. The summed E-state index contributed by atoms with van der Waals surface area (Å²) in [5.74, 6) is 1.12. The van der Waals surface area contributed by atoms with Gasteiger partial charge in [-0.1, -0.05) is 48.5 Å². The third-order valence-corrected chi connectivity index (χ3v) is 4.87. The minimum Gasteiger partial charge on any atom is -0.361 e. The van der Waals surface area contributed by atoms with Crippen LogP contribution in [-0.2, 0) is 17.8 Å². The highest BCUT2D eigenvalue weighted by Crippen LogP contribution is 2.19. The SMILES string of the molecule is CCN(Cc1ccccc1)c1ccc(NC(=O)Cc2c[nH]c3ccccc23)nn1. The molecule has 0 aliphatic heterocycles. The molecule has 0 aliphatic rings. The standard InChI is InChI=1S/C23H23N5O/c1-2-28(16-17-8-4-3-5-9-17)22-13-12-21(26-27-22)25-23(29)14-18-15-24-20-11-7-6-10-19(18)20/h3-13,15,24H,2,14,16H2,1H3,(H,25,26,29). The van der Waals surface area contributed by atoms with Crippen molar-refractivity contribution < 1.29 is 4.79 Å². The Hall–Kier alpha value is -3.67. The molecule has 0 radical (unpaired) electrons. The number of H-pyrrole nitrogens is 1. The summed E-state index contributed by atoms with van der Waals surface area (Å²) in [6.07, 6.45) is 2.16. The normalized spacial score (nSPS) is 10.8. The van der Waals surface area contributed by atoms with E-state index < -0.39 is 0 Å². The van der Waals surface area contributed by atoms with Crippen LogP contribution in [0.15, 0.2) is 72.9 Å². The highest BCUT2D eigenvalue weighted by Gasteiger charge is 2.11. The van der Waals surface area contributed by atoms with E-state index in [9.17, 15) is 4.79 Å². The van der Waals surface area contributed by atoms with Gasteiger partial charge in [0.2, 0.25) is 5.91 Å². The van der Waals surface area contributed by atoms with Crippen LogP contribution in [0.25, 0.3) is 10.9 Å². The smallest absolute Gasteiger partial charge is 0.230 e. The van der Waals surface area contributed by atoms with Gasteiger partial charge in [0.25, 0.3) is 0 Å². The van der Waals surface area contributed by atoms with E-state index in [1.807, 2.05) is 54.7 Å². The molecule has 1 amide bonds. The van der Waals surface area contributed by atoms with E-state index in [0.717, 1.165) is 35.4 Å². The molecule has 4 rings (SSSR count). The van der Waals surface area contributed by atoms with E-state index in [0.29, 0.717) is 5.82 Å². The van der Waals surface area contributed by atoms with Gasteiger partial charge in [-0.25, -0.2) is 0 Å². The zero-order valence-corrected chi connectivity index (χ0v) is 16.3. The second-order valence-electron chi connectivity index (χ2n) is 6.86. The molecule has 0 spiro atoms. The van der Waals surface area contributed by atoms with Crippen molar-refractivity contribution in [3.05, 3.63) is 84.1 Å². The van der Waals surface area contributed by atoms with Crippen molar-refractivity contribution in [2.24, 2.45) is 0 Å². The van der Waals surface area contributed by atoms with Crippen LogP contribution in [0.4, 0.5) is 11.6 Å². The number of nitrogens with one attached hydrogen (secondary N) is 2. The molecule has 6 heteroatoms. The fraction of sp³-hybridized carbons (Fsp3) is 0.174. The van der Waals surface area contributed by atoms with Crippen LogP contribution >= 0.6 is 0 Å². The predicted octanol–water partition coefficient (Wildman–Crippen LogP) is 4.17. The predicted molar refractivity (Wildman–Crippen MR) is 116 cm³/mol. The van der Waals surface area contributed by atoms with E-state index >= 15 is 0 Å². The molecule has 0 aliphatic carbocycles. The topological polar surface area (TPSA) is 73.9 Å². The van der Waals surface area contributed by atoms with Crippen LogP contribution in [0.1, 0.15) is 18.1 Å². The second-order valence-corrected chi connectivity index (χ2v) is 6.86. The number of amides is 1. The van der Waals surface area contributed by atoms with Crippen molar-refractivity contribution in [1.82, 2.24) is 15.2 Å². The molecule has 2 aromatic heterocycles. The maximum atomic E-state index is 12.4. The van der Waals surface area contributed by atoms with Crippen LogP contribution < -0.4 is 10.2 Å². The molecule has 0 atom stereocenters. The first-order chi connectivity index (χ1) is 14.2. The minimum absolute atomic E-state index is 0.117. The van der Waals surface area contributed by atoms with Crippen LogP contribution in [0.5, 0.6) is 0 Å². The molecule has 146 valence electrons. The van der Waals surface area contributed by atoms with Crippen molar-refractivity contribution in [1.29, 1.82) is 0 Å². The summed E-state index contributed by atoms with van der Waals surface area (Å²) in [4.78, 5) is 17.8. The summed E-state index contributed by atoms with van der Waals surface area (Å²) in [7, 11) is 0. The lowest BCUT2D eigenvalue weighted by Gasteiger charge is -2.21. The average Bonchev–Trinajstić information content (AvgIpc) is 3.16. The maximum absolute atomic E-state index is 12.4. The molecule has 2 heterocycles. The first kappa shape index (κ1) is 18.7. The molecule has 0 bridgehead atoms. The third-order valence-electron chi connectivity index (χ3n) is 4.87. The molecular weight excluding hydrogens is 362 g/mol. The van der Waals surface area contributed by atoms with Gasteiger partial charge in [0.1, 0.15) is 0 Å². The number of hydrogen-bond donors (Lipinski definition) is 2. The Morgan fingerprint density at radius 3 is 2.55 bits per heavy atom. The number of hydrogen-bond acceptors (Lipinski definition) is 4. The quantitative estimate of drug-likeness (QED) is 0.501.